The van der Waals surface area contributed by atoms with Crippen molar-refractivity contribution < 1.29 is 0 Å². The maximum atomic E-state index is 4.12. The molecule has 0 bridgehead atoms. The van der Waals surface area contributed by atoms with E-state index in [0.29, 0.717) is 6.04 Å². The topological polar surface area (TPSA) is 28.2 Å². The zero-order chi connectivity index (χ0) is 12.1. The first-order valence-electron chi connectivity index (χ1n) is 6.62. The van der Waals surface area contributed by atoms with Crippen LogP contribution in [0.4, 0.5) is 0 Å². The van der Waals surface area contributed by atoms with E-state index in [1.807, 2.05) is 12.4 Å². The van der Waals surface area contributed by atoms with Gasteiger partial charge in [0.1, 0.15) is 0 Å². The van der Waals surface area contributed by atoms with Crippen molar-refractivity contribution in [3.63, 3.8) is 0 Å². The van der Waals surface area contributed by atoms with Gasteiger partial charge in [0, 0.05) is 44.6 Å². The molecule has 1 aliphatic heterocycles. The number of nitrogens with one attached hydrogen (secondary N) is 1. The van der Waals surface area contributed by atoms with E-state index in [4.69, 9.17) is 0 Å². The summed E-state index contributed by atoms with van der Waals surface area (Å²) >= 11 is 0. The van der Waals surface area contributed by atoms with Crippen LogP contribution in [0.25, 0.3) is 0 Å². The Bertz CT molecular complexity index is 317. The molecule has 1 N–H and O–H groups in total. The summed E-state index contributed by atoms with van der Waals surface area (Å²) in [5, 5.41) is 3.42. The Balaban J connectivity index is 2.12. The quantitative estimate of drug-likeness (QED) is 0.863. The average Bonchev–Trinajstić information content (AvgIpc) is 2.38. The number of aromatic nitrogens is 1. The van der Waals surface area contributed by atoms with Gasteiger partial charge in [0.2, 0.25) is 0 Å². The molecule has 2 heterocycles. The van der Waals surface area contributed by atoms with Crippen LogP contribution in [0.3, 0.4) is 0 Å². The number of hydrogen-bond acceptors (Lipinski definition) is 3. The Kier molecular flexibility index (Phi) is 4.51. The van der Waals surface area contributed by atoms with Crippen molar-refractivity contribution in [3.05, 3.63) is 30.1 Å². The van der Waals surface area contributed by atoms with Gasteiger partial charge in [-0.3, -0.25) is 9.88 Å². The predicted octanol–water partition coefficient (Wildman–Crippen LogP) is 2.07. The van der Waals surface area contributed by atoms with Crippen molar-refractivity contribution >= 4 is 0 Å². The largest absolute Gasteiger partial charge is 0.314 e. The van der Waals surface area contributed by atoms with Gasteiger partial charge in [-0.15, -0.1) is 0 Å². The molecule has 94 valence electrons. The molecule has 0 spiro atoms. The fourth-order valence-corrected chi connectivity index (χ4v) is 2.52. The van der Waals surface area contributed by atoms with Crippen molar-refractivity contribution in [2.45, 2.75) is 26.3 Å². The monoisotopic (exact) mass is 233 g/mol. The second kappa shape index (κ2) is 6.12. The maximum absolute atomic E-state index is 4.12. The average molecular weight is 233 g/mol. The van der Waals surface area contributed by atoms with E-state index in [1.165, 1.54) is 12.0 Å². The third kappa shape index (κ3) is 3.51. The number of pyridine rings is 1. The molecule has 3 heteroatoms. The molecule has 1 aliphatic rings. The summed E-state index contributed by atoms with van der Waals surface area (Å²) in [6.45, 7) is 9.13. The molecule has 0 radical (unpaired) electrons. The van der Waals surface area contributed by atoms with Crippen LogP contribution >= 0.6 is 0 Å². The fraction of sp³-hybridized carbons (Fsp3) is 0.643. The van der Waals surface area contributed by atoms with Gasteiger partial charge in [-0.2, -0.15) is 0 Å². The highest BCUT2D eigenvalue weighted by atomic mass is 15.2. The SMILES string of the molecule is CC(C)C[C@H](c1ccncc1)N1CCNCC1. The molecule has 0 amide bonds. The molecular weight excluding hydrogens is 210 g/mol. The van der Waals surface area contributed by atoms with Gasteiger partial charge in [0.05, 0.1) is 0 Å². The van der Waals surface area contributed by atoms with Crippen LogP contribution in [-0.4, -0.2) is 36.1 Å². The first kappa shape index (κ1) is 12.5. The molecule has 1 aromatic rings. The molecule has 17 heavy (non-hydrogen) atoms. The van der Waals surface area contributed by atoms with Crippen molar-refractivity contribution in [1.82, 2.24) is 15.2 Å². The summed E-state index contributed by atoms with van der Waals surface area (Å²) in [6, 6.07) is 4.88. The summed E-state index contributed by atoms with van der Waals surface area (Å²) in [7, 11) is 0. The number of hydrogen-bond donors (Lipinski definition) is 1. The molecule has 3 nitrogen and oxygen atoms in total. The summed E-state index contributed by atoms with van der Waals surface area (Å²) < 4.78 is 0. The minimum Gasteiger partial charge on any atom is -0.314 e. The number of rotatable bonds is 4. The lowest BCUT2D eigenvalue weighted by Crippen LogP contribution is -2.45. The van der Waals surface area contributed by atoms with Gasteiger partial charge in [0.15, 0.2) is 0 Å². The summed E-state index contributed by atoms with van der Waals surface area (Å²) in [4.78, 5) is 6.72. The van der Waals surface area contributed by atoms with Gasteiger partial charge >= 0.3 is 0 Å². The van der Waals surface area contributed by atoms with E-state index in [-0.39, 0.29) is 0 Å². The first-order valence-corrected chi connectivity index (χ1v) is 6.62. The van der Waals surface area contributed by atoms with Gasteiger partial charge in [0.25, 0.3) is 0 Å². The lowest BCUT2D eigenvalue weighted by molar-refractivity contribution is 0.154. The second-order valence-corrected chi connectivity index (χ2v) is 5.21. The van der Waals surface area contributed by atoms with Crippen LogP contribution < -0.4 is 5.32 Å². The van der Waals surface area contributed by atoms with E-state index in [0.717, 1.165) is 32.1 Å². The van der Waals surface area contributed by atoms with E-state index in [2.05, 4.69) is 41.2 Å². The highest BCUT2D eigenvalue weighted by Gasteiger charge is 2.22. The Morgan fingerprint density at radius 3 is 2.47 bits per heavy atom. The van der Waals surface area contributed by atoms with Gasteiger partial charge in [-0.25, -0.2) is 0 Å². The predicted molar refractivity (Wildman–Crippen MR) is 70.9 cm³/mol. The summed E-state index contributed by atoms with van der Waals surface area (Å²) in [5.41, 5.74) is 1.41. The van der Waals surface area contributed by atoms with Crippen molar-refractivity contribution in [2.24, 2.45) is 5.92 Å². The lowest BCUT2D eigenvalue weighted by Gasteiger charge is -2.36. The minimum atomic E-state index is 0.556. The van der Waals surface area contributed by atoms with E-state index in [9.17, 15) is 0 Å². The van der Waals surface area contributed by atoms with Gasteiger partial charge in [-0.05, 0) is 30.0 Å². The van der Waals surface area contributed by atoms with E-state index in [1.54, 1.807) is 0 Å². The first-order chi connectivity index (χ1) is 8.27. The van der Waals surface area contributed by atoms with Crippen LogP contribution in [0.2, 0.25) is 0 Å². The van der Waals surface area contributed by atoms with Crippen LogP contribution in [-0.2, 0) is 0 Å². The smallest absolute Gasteiger partial charge is 0.0352 e. The highest BCUT2D eigenvalue weighted by molar-refractivity contribution is 5.15. The zero-order valence-corrected chi connectivity index (χ0v) is 10.9. The van der Waals surface area contributed by atoms with E-state index < -0.39 is 0 Å². The third-order valence-electron chi connectivity index (χ3n) is 3.38. The normalized spacial score (nSPS) is 19.5. The molecule has 0 unspecified atom stereocenters. The fourth-order valence-electron chi connectivity index (χ4n) is 2.52. The van der Waals surface area contributed by atoms with Gasteiger partial charge < -0.3 is 5.32 Å². The van der Waals surface area contributed by atoms with Crippen molar-refractivity contribution in [3.8, 4) is 0 Å². The van der Waals surface area contributed by atoms with Crippen LogP contribution in [0, 0.1) is 5.92 Å². The molecule has 1 atom stereocenters. The Morgan fingerprint density at radius 2 is 1.88 bits per heavy atom. The minimum absolute atomic E-state index is 0.556. The standard InChI is InChI=1S/C14H23N3/c1-12(2)11-14(13-3-5-15-6-4-13)17-9-7-16-8-10-17/h3-6,12,14,16H,7-11H2,1-2H3/t14-/m1/s1. The van der Waals surface area contributed by atoms with Crippen molar-refractivity contribution in [1.29, 1.82) is 0 Å². The highest BCUT2D eigenvalue weighted by Crippen LogP contribution is 2.27. The molecule has 1 saturated heterocycles. The Hall–Kier alpha value is -0.930. The van der Waals surface area contributed by atoms with E-state index >= 15 is 0 Å². The van der Waals surface area contributed by atoms with Crippen molar-refractivity contribution in [2.75, 3.05) is 26.2 Å². The molecule has 1 aromatic heterocycles. The Labute approximate surface area is 104 Å². The molecular formula is C14H23N3. The summed E-state index contributed by atoms with van der Waals surface area (Å²) in [6.07, 6.45) is 5.04. The zero-order valence-electron chi connectivity index (χ0n) is 10.9. The van der Waals surface area contributed by atoms with Crippen LogP contribution in [0.1, 0.15) is 31.9 Å². The van der Waals surface area contributed by atoms with Crippen LogP contribution in [0.15, 0.2) is 24.5 Å². The number of nitrogens with zero attached hydrogens (tertiary/aromatic N) is 2. The summed E-state index contributed by atoms with van der Waals surface area (Å²) in [5.74, 6) is 0.725. The molecule has 0 aromatic carbocycles. The molecule has 0 saturated carbocycles. The molecule has 0 aliphatic carbocycles. The lowest BCUT2D eigenvalue weighted by atomic mass is 9.96. The Morgan fingerprint density at radius 1 is 1.24 bits per heavy atom. The molecule has 2 rings (SSSR count). The maximum Gasteiger partial charge on any atom is 0.0352 e. The van der Waals surface area contributed by atoms with Crippen LogP contribution in [0.5, 0.6) is 0 Å². The third-order valence-corrected chi connectivity index (χ3v) is 3.38. The molecule has 1 fully saturated rings. The van der Waals surface area contributed by atoms with Gasteiger partial charge in [-0.1, -0.05) is 13.8 Å². The number of piperazine rings is 1. The second-order valence-electron chi connectivity index (χ2n) is 5.21.